The monoisotopic (exact) mass is 337 g/mol. The van der Waals surface area contributed by atoms with Crippen LogP contribution < -0.4 is 10.1 Å². The van der Waals surface area contributed by atoms with E-state index in [0.29, 0.717) is 29.1 Å². The standard InChI is InChI=1S/C18H21Cl2NO/c1-3-13(2)15-6-4-5-7-18(15)22-11-10-21-17-12-14(19)8-9-16(17)20/h4-9,12-13,21H,3,10-11H2,1-2H3/t13-/m0/s1. The predicted molar refractivity (Wildman–Crippen MR) is 95.6 cm³/mol. The molecule has 0 aliphatic heterocycles. The van der Waals surface area contributed by atoms with Crippen molar-refractivity contribution in [2.45, 2.75) is 26.2 Å². The van der Waals surface area contributed by atoms with Crippen LogP contribution in [0.2, 0.25) is 10.0 Å². The van der Waals surface area contributed by atoms with Gasteiger partial charge in [-0.3, -0.25) is 0 Å². The number of para-hydroxylation sites is 1. The minimum atomic E-state index is 0.492. The van der Waals surface area contributed by atoms with Crippen LogP contribution in [0.15, 0.2) is 42.5 Å². The first-order chi connectivity index (χ1) is 10.6. The van der Waals surface area contributed by atoms with Crippen LogP contribution in [0.4, 0.5) is 5.69 Å². The summed E-state index contributed by atoms with van der Waals surface area (Å²) < 4.78 is 5.91. The molecule has 0 heterocycles. The number of rotatable bonds is 7. The van der Waals surface area contributed by atoms with Gasteiger partial charge in [0.1, 0.15) is 12.4 Å². The molecule has 0 saturated heterocycles. The molecule has 0 amide bonds. The van der Waals surface area contributed by atoms with Gasteiger partial charge < -0.3 is 10.1 Å². The van der Waals surface area contributed by atoms with Gasteiger partial charge in [0.05, 0.1) is 10.7 Å². The first-order valence-electron chi connectivity index (χ1n) is 7.52. The van der Waals surface area contributed by atoms with Crippen molar-refractivity contribution in [3.8, 4) is 5.75 Å². The summed E-state index contributed by atoms with van der Waals surface area (Å²) >= 11 is 12.1. The fraction of sp³-hybridized carbons (Fsp3) is 0.333. The zero-order valence-electron chi connectivity index (χ0n) is 12.9. The van der Waals surface area contributed by atoms with Gasteiger partial charge in [-0.15, -0.1) is 0 Å². The molecule has 1 N–H and O–H groups in total. The Morgan fingerprint density at radius 3 is 2.68 bits per heavy atom. The fourth-order valence-electron chi connectivity index (χ4n) is 2.22. The van der Waals surface area contributed by atoms with Crippen molar-refractivity contribution in [3.05, 3.63) is 58.1 Å². The highest BCUT2D eigenvalue weighted by atomic mass is 35.5. The maximum Gasteiger partial charge on any atom is 0.122 e. The van der Waals surface area contributed by atoms with Crippen LogP contribution in [0, 0.1) is 0 Å². The Hall–Kier alpha value is -1.38. The molecule has 2 aromatic rings. The molecule has 0 saturated carbocycles. The SMILES string of the molecule is CC[C@H](C)c1ccccc1OCCNc1cc(Cl)ccc1Cl. The molecular formula is C18H21Cl2NO. The molecule has 0 radical (unpaired) electrons. The maximum atomic E-state index is 6.12. The van der Waals surface area contributed by atoms with E-state index in [0.717, 1.165) is 17.9 Å². The highest BCUT2D eigenvalue weighted by molar-refractivity contribution is 6.35. The smallest absolute Gasteiger partial charge is 0.122 e. The molecule has 0 spiro atoms. The number of nitrogens with one attached hydrogen (secondary N) is 1. The Labute approximate surface area is 142 Å². The van der Waals surface area contributed by atoms with Crippen molar-refractivity contribution in [1.29, 1.82) is 0 Å². The lowest BCUT2D eigenvalue weighted by atomic mass is 9.98. The minimum Gasteiger partial charge on any atom is -0.491 e. The summed E-state index contributed by atoms with van der Waals surface area (Å²) in [7, 11) is 0. The highest BCUT2D eigenvalue weighted by Gasteiger charge is 2.09. The molecule has 22 heavy (non-hydrogen) atoms. The van der Waals surface area contributed by atoms with Gasteiger partial charge in [0, 0.05) is 11.6 Å². The summed E-state index contributed by atoms with van der Waals surface area (Å²) in [4.78, 5) is 0. The van der Waals surface area contributed by atoms with E-state index in [1.807, 2.05) is 18.2 Å². The second kappa shape index (κ2) is 8.30. The third-order valence-electron chi connectivity index (χ3n) is 3.67. The van der Waals surface area contributed by atoms with Crippen molar-refractivity contribution >= 4 is 28.9 Å². The molecule has 4 heteroatoms. The third-order valence-corrected chi connectivity index (χ3v) is 4.23. The summed E-state index contributed by atoms with van der Waals surface area (Å²) in [5, 5.41) is 4.56. The van der Waals surface area contributed by atoms with Crippen LogP contribution in [0.5, 0.6) is 5.75 Å². The largest absolute Gasteiger partial charge is 0.491 e. The van der Waals surface area contributed by atoms with Gasteiger partial charge in [-0.1, -0.05) is 55.2 Å². The van der Waals surface area contributed by atoms with Gasteiger partial charge in [-0.2, -0.15) is 0 Å². The van der Waals surface area contributed by atoms with E-state index in [2.05, 4.69) is 31.3 Å². The lowest BCUT2D eigenvalue weighted by Crippen LogP contribution is -2.12. The Kier molecular flexibility index (Phi) is 6.41. The molecule has 0 bridgehead atoms. The first-order valence-corrected chi connectivity index (χ1v) is 8.28. The summed E-state index contributed by atoms with van der Waals surface area (Å²) in [5.41, 5.74) is 2.08. The molecule has 2 aromatic carbocycles. The molecule has 0 aliphatic carbocycles. The number of anilines is 1. The summed E-state index contributed by atoms with van der Waals surface area (Å²) in [6.45, 7) is 5.63. The van der Waals surface area contributed by atoms with E-state index in [1.54, 1.807) is 12.1 Å². The highest BCUT2D eigenvalue weighted by Crippen LogP contribution is 2.28. The van der Waals surface area contributed by atoms with Crippen molar-refractivity contribution in [3.63, 3.8) is 0 Å². The zero-order chi connectivity index (χ0) is 15.9. The molecule has 0 aromatic heterocycles. The summed E-state index contributed by atoms with van der Waals surface area (Å²) in [5.74, 6) is 1.45. The van der Waals surface area contributed by atoms with E-state index in [-0.39, 0.29) is 0 Å². The molecule has 2 nitrogen and oxygen atoms in total. The van der Waals surface area contributed by atoms with Crippen LogP contribution in [0.3, 0.4) is 0 Å². The van der Waals surface area contributed by atoms with Gasteiger partial charge in [0.15, 0.2) is 0 Å². The predicted octanol–water partition coefficient (Wildman–Crippen LogP) is 6.00. The van der Waals surface area contributed by atoms with Gasteiger partial charge in [-0.05, 0) is 42.2 Å². The summed E-state index contributed by atoms with van der Waals surface area (Å²) in [6.07, 6.45) is 1.09. The van der Waals surface area contributed by atoms with E-state index in [9.17, 15) is 0 Å². The van der Waals surface area contributed by atoms with E-state index < -0.39 is 0 Å². The van der Waals surface area contributed by atoms with Gasteiger partial charge in [0.2, 0.25) is 0 Å². The maximum absolute atomic E-state index is 6.12. The van der Waals surface area contributed by atoms with Crippen LogP contribution in [-0.4, -0.2) is 13.2 Å². The normalized spacial score (nSPS) is 12.0. The van der Waals surface area contributed by atoms with E-state index in [4.69, 9.17) is 27.9 Å². The van der Waals surface area contributed by atoms with Gasteiger partial charge in [-0.25, -0.2) is 0 Å². The van der Waals surface area contributed by atoms with Crippen molar-refractivity contribution in [2.24, 2.45) is 0 Å². The summed E-state index contributed by atoms with van der Waals surface area (Å²) in [6, 6.07) is 13.6. The van der Waals surface area contributed by atoms with Crippen LogP contribution in [0.1, 0.15) is 31.7 Å². The number of hydrogen-bond acceptors (Lipinski definition) is 2. The lowest BCUT2D eigenvalue weighted by molar-refractivity contribution is 0.327. The topological polar surface area (TPSA) is 21.3 Å². The van der Waals surface area contributed by atoms with Gasteiger partial charge in [0.25, 0.3) is 0 Å². The molecule has 1 atom stereocenters. The fourth-order valence-corrected chi connectivity index (χ4v) is 2.58. The Morgan fingerprint density at radius 1 is 1.14 bits per heavy atom. The average molecular weight is 338 g/mol. The Balaban J connectivity index is 1.90. The zero-order valence-corrected chi connectivity index (χ0v) is 14.4. The second-order valence-electron chi connectivity index (χ2n) is 5.25. The van der Waals surface area contributed by atoms with Gasteiger partial charge >= 0.3 is 0 Å². The lowest BCUT2D eigenvalue weighted by Gasteiger charge is -2.16. The van der Waals surface area contributed by atoms with Crippen molar-refractivity contribution in [2.75, 3.05) is 18.5 Å². The Morgan fingerprint density at radius 2 is 1.91 bits per heavy atom. The van der Waals surface area contributed by atoms with Crippen LogP contribution >= 0.6 is 23.2 Å². The molecule has 0 unspecified atom stereocenters. The number of halogens is 2. The first kappa shape index (κ1) is 17.0. The molecule has 118 valence electrons. The van der Waals surface area contributed by atoms with E-state index >= 15 is 0 Å². The molecular weight excluding hydrogens is 317 g/mol. The average Bonchev–Trinajstić information content (AvgIpc) is 2.54. The quantitative estimate of drug-likeness (QED) is 0.625. The Bertz CT molecular complexity index is 616. The second-order valence-corrected chi connectivity index (χ2v) is 6.09. The molecule has 0 fully saturated rings. The van der Waals surface area contributed by atoms with Crippen molar-refractivity contribution < 1.29 is 4.74 Å². The third kappa shape index (κ3) is 4.56. The van der Waals surface area contributed by atoms with Crippen LogP contribution in [-0.2, 0) is 0 Å². The van der Waals surface area contributed by atoms with Crippen LogP contribution in [0.25, 0.3) is 0 Å². The molecule has 2 rings (SSSR count). The molecule has 0 aliphatic rings. The minimum absolute atomic E-state index is 0.492. The number of benzene rings is 2. The number of hydrogen-bond donors (Lipinski definition) is 1. The van der Waals surface area contributed by atoms with Crippen molar-refractivity contribution in [1.82, 2.24) is 0 Å². The number of ether oxygens (including phenoxy) is 1. The van der Waals surface area contributed by atoms with E-state index in [1.165, 1.54) is 5.56 Å².